The molecule has 27 heavy (non-hydrogen) atoms. The van der Waals surface area contributed by atoms with Gasteiger partial charge in [-0.25, -0.2) is 0 Å². The second kappa shape index (κ2) is 12.2. The van der Waals surface area contributed by atoms with Crippen LogP contribution >= 0.6 is 24.8 Å². The number of aryl methyl sites for hydroxylation is 1. The number of hydrogen-bond acceptors (Lipinski definition) is 5. The number of carbonyl (C=O) groups is 2. The van der Waals surface area contributed by atoms with Gasteiger partial charge in [-0.15, -0.1) is 24.8 Å². The lowest BCUT2D eigenvalue weighted by molar-refractivity contribution is -0.127. The molecule has 1 unspecified atom stereocenters. The van der Waals surface area contributed by atoms with Crippen LogP contribution in [0.2, 0.25) is 0 Å². The van der Waals surface area contributed by atoms with Crippen LogP contribution in [0.1, 0.15) is 44.3 Å². The minimum atomic E-state index is -0.601. The SMILES string of the molecule is Cc1ccc(C(CNC(=O)CNC(=O)[C@@H](N)C(C)C)N2CCCC2)o1.Cl.Cl. The molecule has 0 radical (unpaired) electrons. The van der Waals surface area contributed by atoms with Crippen LogP contribution in [0.5, 0.6) is 0 Å². The first-order valence-electron chi connectivity index (χ1n) is 8.99. The van der Waals surface area contributed by atoms with E-state index >= 15 is 0 Å². The van der Waals surface area contributed by atoms with E-state index in [0.29, 0.717) is 6.54 Å². The second-order valence-electron chi connectivity index (χ2n) is 7.00. The van der Waals surface area contributed by atoms with Crippen LogP contribution in [-0.2, 0) is 9.59 Å². The van der Waals surface area contributed by atoms with Crippen LogP contribution in [0.15, 0.2) is 16.5 Å². The van der Waals surface area contributed by atoms with Crippen molar-refractivity contribution >= 4 is 36.6 Å². The predicted octanol–water partition coefficient (Wildman–Crippen LogP) is 1.78. The molecule has 1 aromatic heterocycles. The summed E-state index contributed by atoms with van der Waals surface area (Å²) in [6, 6.07) is 3.33. The van der Waals surface area contributed by atoms with E-state index in [4.69, 9.17) is 10.2 Å². The predicted molar refractivity (Wildman–Crippen MR) is 110 cm³/mol. The second-order valence-corrected chi connectivity index (χ2v) is 7.00. The van der Waals surface area contributed by atoms with E-state index in [-0.39, 0.29) is 55.1 Å². The minimum Gasteiger partial charge on any atom is -0.465 e. The number of rotatable bonds is 8. The van der Waals surface area contributed by atoms with Crippen molar-refractivity contribution in [2.45, 2.75) is 45.7 Å². The first-order valence-corrected chi connectivity index (χ1v) is 8.99. The highest BCUT2D eigenvalue weighted by Gasteiger charge is 2.26. The lowest BCUT2D eigenvalue weighted by Gasteiger charge is -2.26. The molecule has 1 aliphatic rings. The molecule has 2 rings (SSSR count). The molecule has 2 heterocycles. The Morgan fingerprint density at radius 1 is 1.19 bits per heavy atom. The summed E-state index contributed by atoms with van der Waals surface area (Å²) in [5, 5.41) is 5.48. The maximum atomic E-state index is 12.1. The van der Waals surface area contributed by atoms with Crippen LogP contribution < -0.4 is 16.4 Å². The van der Waals surface area contributed by atoms with Gasteiger partial charge in [-0.3, -0.25) is 14.5 Å². The number of hydrogen-bond donors (Lipinski definition) is 3. The summed E-state index contributed by atoms with van der Waals surface area (Å²) in [6.45, 7) is 8.05. The average molecular weight is 423 g/mol. The summed E-state index contributed by atoms with van der Waals surface area (Å²) in [7, 11) is 0. The van der Waals surface area contributed by atoms with Crippen molar-refractivity contribution in [2.24, 2.45) is 11.7 Å². The van der Waals surface area contributed by atoms with Crippen molar-refractivity contribution in [2.75, 3.05) is 26.2 Å². The van der Waals surface area contributed by atoms with E-state index in [1.54, 1.807) is 0 Å². The molecular weight excluding hydrogens is 391 g/mol. The van der Waals surface area contributed by atoms with E-state index in [0.717, 1.165) is 37.5 Å². The Balaban J connectivity index is 0.00000338. The zero-order chi connectivity index (χ0) is 18.4. The lowest BCUT2D eigenvalue weighted by atomic mass is 10.1. The Kier molecular flexibility index (Phi) is 11.7. The van der Waals surface area contributed by atoms with Crippen molar-refractivity contribution in [3.05, 3.63) is 23.7 Å². The lowest BCUT2D eigenvalue weighted by Crippen LogP contribution is -2.48. The monoisotopic (exact) mass is 422 g/mol. The molecule has 0 bridgehead atoms. The molecule has 0 aromatic carbocycles. The van der Waals surface area contributed by atoms with Crippen molar-refractivity contribution < 1.29 is 14.0 Å². The first kappa shape index (κ1) is 25.7. The fourth-order valence-corrected chi connectivity index (χ4v) is 2.96. The van der Waals surface area contributed by atoms with Crippen LogP contribution in [0.25, 0.3) is 0 Å². The van der Waals surface area contributed by atoms with Gasteiger partial charge < -0.3 is 20.8 Å². The number of likely N-dealkylation sites (tertiary alicyclic amines) is 1. The van der Waals surface area contributed by atoms with Crippen LogP contribution in [-0.4, -0.2) is 48.9 Å². The Hall–Kier alpha value is -1.28. The van der Waals surface area contributed by atoms with Gasteiger partial charge in [0.2, 0.25) is 11.8 Å². The van der Waals surface area contributed by atoms with Gasteiger partial charge >= 0.3 is 0 Å². The standard InChI is InChI=1S/C18H30N4O3.2ClH/c1-12(2)17(19)18(24)21-11-16(23)20-10-14(22-8-4-5-9-22)15-7-6-13(3)25-15;;/h6-7,12,14,17H,4-5,8-11,19H2,1-3H3,(H,20,23)(H,21,24);2*1H/t14?,17-;;/m0../s1. The summed E-state index contributed by atoms with van der Waals surface area (Å²) in [5.74, 6) is 1.23. The molecule has 1 aromatic rings. The molecule has 7 nitrogen and oxygen atoms in total. The first-order chi connectivity index (χ1) is 11.9. The van der Waals surface area contributed by atoms with Gasteiger partial charge in [0, 0.05) is 6.54 Å². The largest absolute Gasteiger partial charge is 0.465 e. The summed E-state index contributed by atoms with van der Waals surface area (Å²) in [4.78, 5) is 26.2. The Morgan fingerprint density at radius 3 is 2.33 bits per heavy atom. The van der Waals surface area contributed by atoms with E-state index in [1.165, 1.54) is 0 Å². The number of halogens is 2. The third kappa shape index (κ3) is 7.70. The average Bonchev–Trinajstić information content (AvgIpc) is 3.24. The molecule has 0 aliphatic carbocycles. The molecule has 1 aliphatic heterocycles. The molecule has 1 saturated heterocycles. The fraction of sp³-hybridized carbons (Fsp3) is 0.667. The molecule has 0 saturated carbocycles. The molecule has 156 valence electrons. The minimum absolute atomic E-state index is 0. The maximum Gasteiger partial charge on any atom is 0.239 e. The summed E-state index contributed by atoms with van der Waals surface area (Å²) >= 11 is 0. The van der Waals surface area contributed by atoms with Gasteiger partial charge in [-0.2, -0.15) is 0 Å². The van der Waals surface area contributed by atoms with E-state index in [2.05, 4.69) is 15.5 Å². The van der Waals surface area contributed by atoms with Gasteiger partial charge in [0.1, 0.15) is 11.5 Å². The normalized spacial score (nSPS) is 16.2. The molecule has 2 atom stereocenters. The zero-order valence-electron chi connectivity index (χ0n) is 16.2. The molecule has 0 spiro atoms. The molecular formula is C18H32Cl2N4O3. The zero-order valence-corrected chi connectivity index (χ0v) is 17.8. The van der Waals surface area contributed by atoms with Crippen molar-refractivity contribution in [1.29, 1.82) is 0 Å². The summed E-state index contributed by atoms with van der Waals surface area (Å²) in [5.41, 5.74) is 5.77. The number of carbonyl (C=O) groups excluding carboxylic acids is 2. The maximum absolute atomic E-state index is 12.1. The van der Waals surface area contributed by atoms with Gasteiger partial charge in [-0.1, -0.05) is 13.8 Å². The molecule has 2 amide bonds. The van der Waals surface area contributed by atoms with Crippen LogP contribution in [0, 0.1) is 12.8 Å². The van der Waals surface area contributed by atoms with Gasteiger partial charge in [0.05, 0.1) is 18.6 Å². The van der Waals surface area contributed by atoms with Crippen molar-refractivity contribution in [3.63, 3.8) is 0 Å². The Morgan fingerprint density at radius 2 is 1.81 bits per heavy atom. The Labute approximate surface area is 173 Å². The number of nitrogens with two attached hydrogens (primary N) is 1. The number of nitrogens with one attached hydrogen (secondary N) is 2. The van der Waals surface area contributed by atoms with E-state index in [1.807, 2.05) is 32.9 Å². The van der Waals surface area contributed by atoms with E-state index in [9.17, 15) is 9.59 Å². The highest BCUT2D eigenvalue weighted by molar-refractivity contribution is 5.87. The molecule has 9 heteroatoms. The third-order valence-electron chi connectivity index (χ3n) is 4.61. The van der Waals surface area contributed by atoms with Crippen molar-refractivity contribution in [3.8, 4) is 0 Å². The number of furan rings is 1. The summed E-state index contributed by atoms with van der Waals surface area (Å²) < 4.78 is 5.77. The summed E-state index contributed by atoms with van der Waals surface area (Å²) in [6.07, 6.45) is 2.32. The highest BCUT2D eigenvalue weighted by atomic mass is 35.5. The van der Waals surface area contributed by atoms with Crippen molar-refractivity contribution in [1.82, 2.24) is 15.5 Å². The van der Waals surface area contributed by atoms with E-state index < -0.39 is 6.04 Å². The topological polar surface area (TPSA) is 101 Å². The van der Waals surface area contributed by atoms with Crippen LogP contribution in [0.3, 0.4) is 0 Å². The molecule has 1 fully saturated rings. The smallest absolute Gasteiger partial charge is 0.239 e. The highest BCUT2D eigenvalue weighted by Crippen LogP contribution is 2.26. The number of nitrogens with zero attached hydrogens (tertiary/aromatic N) is 1. The van der Waals surface area contributed by atoms with Crippen LogP contribution in [0.4, 0.5) is 0 Å². The quantitative estimate of drug-likeness (QED) is 0.592. The van der Waals surface area contributed by atoms with Gasteiger partial charge in [0.25, 0.3) is 0 Å². The fourth-order valence-electron chi connectivity index (χ4n) is 2.96. The van der Waals surface area contributed by atoms with Gasteiger partial charge in [-0.05, 0) is 50.9 Å². The Bertz CT molecular complexity index is 589. The van der Waals surface area contributed by atoms with Gasteiger partial charge in [0.15, 0.2) is 0 Å². The number of amides is 2. The third-order valence-corrected chi connectivity index (χ3v) is 4.61. The molecule has 4 N–H and O–H groups in total.